The van der Waals surface area contributed by atoms with Gasteiger partial charge in [0.25, 0.3) is 0 Å². The molecule has 104 valence electrons. The molecule has 0 amide bonds. The molecule has 0 aliphatic rings. The van der Waals surface area contributed by atoms with Crippen LogP contribution in [-0.2, 0) is 0 Å². The SMILES string of the molecule is CC(=O)c1sc(NC(C)CC(F)(F)F)c(C#N)c1N. The Balaban J connectivity index is 2.99. The van der Waals surface area contributed by atoms with Crippen molar-refractivity contribution >= 4 is 27.8 Å². The second-order valence-electron chi connectivity index (χ2n) is 4.08. The number of rotatable bonds is 4. The molecule has 0 radical (unpaired) electrons. The Morgan fingerprint density at radius 1 is 1.58 bits per heavy atom. The molecule has 0 aliphatic carbocycles. The van der Waals surface area contributed by atoms with Crippen LogP contribution in [0, 0.1) is 11.3 Å². The number of nitrogens with one attached hydrogen (secondary N) is 1. The molecule has 4 nitrogen and oxygen atoms in total. The summed E-state index contributed by atoms with van der Waals surface area (Å²) in [5.41, 5.74) is 5.66. The lowest BCUT2D eigenvalue weighted by Gasteiger charge is -2.15. The fourth-order valence-corrected chi connectivity index (χ4v) is 2.62. The van der Waals surface area contributed by atoms with E-state index in [1.807, 2.05) is 0 Å². The van der Waals surface area contributed by atoms with Gasteiger partial charge in [0.15, 0.2) is 5.78 Å². The molecule has 1 aromatic heterocycles. The van der Waals surface area contributed by atoms with Gasteiger partial charge in [0, 0.05) is 13.0 Å². The van der Waals surface area contributed by atoms with Gasteiger partial charge in [-0.3, -0.25) is 4.79 Å². The summed E-state index contributed by atoms with van der Waals surface area (Å²) < 4.78 is 36.7. The van der Waals surface area contributed by atoms with E-state index in [0.717, 1.165) is 11.3 Å². The van der Waals surface area contributed by atoms with Gasteiger partial charge in [-0.25, -0.2) is 0 Å². The normalized spacial score (nSPS) is 12.8. The highest BCUT2D eigenvalue weighted by Crippen LogP contribution is 2.36. The minimum absolute atomic E-state index is 0.0155. The second kappa shape index (κ2) is 5.48. The molecule has 8 heteroatoms. The van der Waals surface area contributed by atoms with E-state index in [1.165, 1.54) is 13.8 Å². The van der Waals surface area contributed by atoms with Crippen molar-refractivity contribution < 1.29 is 18.0 Å². The zero-order valence-electron chi connectivity index (χ0n) is 10.3. The van der Waals surface area contributed by atoms with Gasteiger partial charge in [0.1, 0.15) is 16.6 Å². The summed E-state index contributed by atoms with van der Waals surface area (Å²) in [5.74, 6) is -0.324. The van der Waals surface area contributed by atoms with E-state index in [-0.39, 0.29) is 26.9 Å². The maximum atomic E-state index is 12.2. The van der Waals surface area contributed by atoms with Crippen LogP contribution in [0.4, 0.5) is 23.9 Å². The Kier molecular flexibility index (Phi) is 4.42. The van der Waals surface area contributed by atoms with Crippen LogP contribution in [0.15, 0.2) is 0 Å². The molecule has 1 rings (SSSR count). The standard InChI is InChI=1S/C11H12F3N3OS/c1-5(3-11(12,13)14)17-10-7(4-15)8(16)9(19-10)6(2)18/h5,17H,3,16H2,1-2H3. The third-order valence-electron chi connectivity index (χ3n) is 2.29. The summed E-state index contributed by atoms with van der Waals surface area (Å²) in [4.78, 5) is 11.5. The van der Waals surface area contributed by atoms with E-state index in [0.29, 0.717) is 0 Å². The van der Waals surface area contributed by atoms with Crippen molar-refractivity contribution in [2.24, 2.45) is 0 Å². The van der Waals surface area contributed by atoms with Gasteiger partial charge in [-0.05, 0) is 6.92 Å². The van der Waals surface area contributed by atoms with Gasteiger partial charge in [0.05, 0.1) is 17.0 Å². The van der Waals surface area contributed by atoms with Crippen molar-refractivity contribution in [1.82, 2.24) is 0 Å². The minimum atomic E-state index is -4.30. The molecule has 3 N–H and O–H groups in total. The molecule has 1 heterocycles. The van der Waals surface area contributed by atoms with E-state index >= 15 is 0 Å². The van der Waals surface area contributed by atoms with E-state index in [9.17, 15) is 18.0 Å². The number of nitrogens with zero attached hydrogens (tertiary/aromatic N) is 1. The third kappa shape index (κ3) is 3.86. The van der Waals surface area contributed by atoms with E-state index in [2.05, 4.69) is 5.32 Å². The first kappa shape index (κ1) is 15.3. The molecule has 19 heavy (non-hydrogen) atoms. The smallest absolute Gasteiger partial charge is 0.391 e. The first-order chi connectivity index (χ1) is 8.65. The van der Waals surface area contributed by atoms with Crippen LogP contribution in [0.5, 0.6) is 0 Å². The Morgan fingerprint density at radius 2 is 2.16 bits per heavy atom. The Labute approximate surface area is 112 Å². The van der Waals surface area contributed by atoms with Gasteiger partial charge in [-0.1, -0.05) is 0 Å². The molecule has 1 atom stereocenters. The number of carbonyl (C=O) groups excluding carboxylic acids is 1. The lowest BCUT2D eigenvalue weighted by atomic mass is 10.2. The van der Waals surface area contributed by atoms with Gasteiger partial charge >= 0.3 is 6.18 Å². The van der Waals surface area contributed by atoms with Crippen molar-refractivity contribution in [2.45, 2.75) is 32.5 Å². The highest BCUT2D eigenvalue weighted by atomic mass is 32.1. The average molecular weight is 291 g/mol. The molecule has 0 spiro atoms. The molecule has 0 aliphatic heterocycles. The molecular weight excluding hydrogens is 279 g/mol. The van der Waals surface area contributed by atoms with E-state index in [4.69, 9.17) is 11.0 Å². The van der Waals surface area contributed by atoms with Gasteiger partial charge in [-0.2, -0.15) is 18.4 Å². The van der Waals surface area contributed by atoms with E-state index < -0.39 is 18.6 Å². The predicted molar refractivity (Wildman–Crippen MR) is 67.2 cm³/mol. The largest absolute Gasteiger partial charge is 0.396 e. The van der Waals surface area contributed by atoms with Gasteiger partial charge < -0.3 is 11.1 Å². The highest BCUT2D eigenvalue weighted by Gasteiger charge is 2.31. The molecule has 0 aromatic carbocycles. The number of Topliss-reactive ketones (excluding diaryl/α,β-unsaturated/α-hetero) is 1. The summed E-state index contributed by atoms with van der Waals surface area (Å²) >= 11 is 0.898. The van der Waals surface area contributed by atoms with Gasteiger partial charge in [0.2, 0.25) is 0 Å². The maximum Gasteiger partial charge on any atom is 0.391 e. The molecule has 1 unspecified atom stereocenters. The number of carbonyl (C=O) groups is 1. The number of ketones is 1. The first-order valence-corrected chi connectivity index (χ1v) is 6.14. The fraction of sp³-hybridized carbons (Fsp3) is 0.455. The molecular formula is C11H12F3N3OS. The van der Waals surface area contributed by atoms with Crippen LogP contribution in [0.25, 0.3) is 0 Å². The van der Waals surface area contributed by atoms with Crippen molar-refractivity contribution in [1.29, 1.82) is 5.26 Å². The number of thiophene rings is 1. The van der Waals surface area contributed by atoms with Crippen LogP contribution >= 0.6 is 11.3 Å². The highest BCUT2D eigenvalue weighted by molar-refractivity contribution is 7.19. The molecule has 0 saturated heterocycles. The number of nitrogens with two attached hydrogens (primary N) is 1. The zero-order valence-corrected chi connectivity index (χ0v) is 11.1. The Bertz CT molecular complexity index is 531. The number of anilines is 2. The number of hydrogen-bond acceptors (Lipinski definition) is 5. The topological polar surface area (TPSA) is 78.9 Å². The fourth-order valence-electron chi connectivity index (χ4n) is 1.54. The van der Waals surface area contributed by atoms with Crippen LogP contribution < -0.4 is 11.1 Å². The Hall–Kier alpha value is -1.75. The lowest BCUT2D eigenvalue weighted by molar-refractivity contribution is -0.136. The van der Waals surface area contributed by atoms with Crippen molar-refractivity contribution in [3.8, 4) is 6.07 Å². The Morgan fingerprint density at radius 3 is 2.58 bits per heavy atom. The zero-order chi connectivity index (χ0) is 14.8. The average Bonchev–Trinajstić information content (AvgIpc) is 2.52. The number of nitrogen functional groups attached to an aromatic ring is 1. The van der Waals surface area contributed by atoms with Crippen molar-refractivity contribution in [3.63, 3.8) is 0 Å². The van der Waals surface area contributed by atoms with Crippen LogP contribution in [0.2, 0.25) is 0 Å². The predicted octanol–water partition coefficient (Wildman–Crippen LogP) is 3.16. The summed E-state index contributed by atoms with van der Waals surface area (Å²) in [6.07, 6.45) is -5.34. The molecule has 0 bridgehead atoms. The quantitative estimate of drug-likeness (QED) is 0.835. The number of alkyl halides is 3. The van der Waals surface area contributed by atoms with Gasteiger partial charge in [-0.15, -0.1) is 11.3 Å². The maximum absolute atomic E-state index is 12.2. The number of halogens is 3. The van der Waals surface area contributed by atoms with Crippen molar-refractivity contribution in [3.05, 3.63) is 10.4 Å². The summed E-state index contributed by atoms with van der Waals surface area (Å²) in [7, 11) is 0. The minimum Gasteiger partial charge on any atom is -0.396 e. The summed E-state index contributed by atoms with van der Waals surface area (Å²) in [5, 5.41) is 11.7. The van der Waals surface area contributed by atoms with E-state index in [1.54, 1.807) is 6.07 Å². The monoisotopic (exact) mass is 291 g/mol. The first-order valence-electron chi connectivity index (χ1n) is 5.32. The molecule has 1 aromatic rings. The summed E-state index contributed by atoms with van der Waals surface area (Å²) in [6, 6.07) is 0.885. The molecule has 0 fully saturated rings. The number of nitriles is 1. The van der Waals surface area contributed by atoms with Crippen LogP contribution in [0.3, 0.4) is 0 Å². The third-order valence-corrected chi connectivity index (χ3v) is 3.53. The lowest BCUT2D eigenvalue weighted by Crippen LogP contribution is -2.23. The summed E-state index contributed by atoms with van der Waals surface area (Å²) in [6.45, 7) is 2.63. The molecule has 0 saturated carbocycles. The second-order valence-corrected chi connectivity index (χ2v) is 5.10. The number of hydrogen-bond donors (Lipinski definition) is 2. The van der Waals surface area contributed by atoms with Crippen LogP contribution in [-0.4, -0.2) is 18.0 Å². The van der Waals surface area contributed by atoms with Crippen molar-refractivity contribution in [2.75, 3.05) is 11.1 Å². The van der Waals surface area contributed by atoms with Crippen LogP contribution in [0.1, 0.15) is 35.5 Å².